The normalized spacial score (nSPS) is 18.8. The van der Waals surface area contributed by atoms with Gasteiger partial charge in [0.2, 0.25) is 0 Å². The number of thiocarbonyl (C=S) groups is 1. The lowest BCUT2D eigenvalue weighted by atomic mass is 9.90. The number of hydrogen-bond acceptors (Lipinski definition) is 7. The minimum atomic E-state index is -0.602. The molecule has 3 N–H and O–H groups in total. The van der Waals surface area contributed by atoms with Crippen molar-refractivity contribution in [3.63, 3.8) is 0 Å². The lowest BCUT2D eigenvalue weighted by Crippen LogP contribution is -2.25. The van der Waals surface area contributed by atoms with E-state index in [1.54, 1.807) is 6.07 Å². The topological polar surface area (TPSA) is 82.3 Å². The zero-order valence-corrected chi connectivity index (χ0v) is 22.3. The molecule has 37 heavy (non-hydrogen) atoms. The fourth-order valence-electron chi connectivity index (χ4n) is 5.25. The van der Waals surface area contributed by atoms with Crippen molar-refractivity contribution in [3.8, 4) is 11.5 Å². The lowest BCUT2D eigenvalue weighted by molar-refractivity contribution is 0.339. The van der Waals surface area contributed by atoms with Crippen LogP contribution >= 0.6 is 12.2 Å². The number of nitrogens with two attached hydrogens (primary N) is 1. The number of fused-ring (bicyclic) bond motifs is 1. The molecule has 0 saturated heterocycles. The summed E-state index contributed by atoms with van der Waals surface area (Å²) in [5, 5.41) is 3.89. The first-order chi connectivity index (χ1) is 17.9. The summed E-state index contributed by atoms with van der Waals surface area (Å²) in [6.07, 6.45) is 5.30. The van der Waals surface area contributed by atoms with Crippen molar-refractivity contribution in [1.82, 2.24) is 15.3 Å². The van der Waals surface area contributed by atoms with Crippen molar-refractivity contribution in [2.45, 2.75) is 57.4 Å². The molecule has 2 aromatic carbocycles. The molecule has 9 heteroatoms. The maximum Gasteiger partial charge on any atom is 0.199 e. The van der Waals surface area contributed by atoms with Gasteiger partial charge in [0.05, 0.1) is 14.2 Å². The molecule has 4 rings (SSSR count). The highest BCUT2D eigenvalue weighted by molar-refractivity contribution is 7.80. The number of halogens is 2. The van der Waals surface area contributed by atoms with E-state index < -0.39 is 5.82 Å². The fourth-order valence-corrected chi connectivity index (χ4v) is 5.65. The maximum absolute atomic E-state index is 15.2. The SMILES string of the molecule is CCN[C@H](CC(=S)C1CCCC(c2nc(N)c3cc(OC)c(OC)c(F)c3n2)CC1)c1ccc(F)cc1. The summed E-state index contributed by atoms with van der Waals surface area (Å²) >= 11 is 5.92. The highest BCUT2D eigenvalue weighted by Gasteiger charge is 2.27. The van der Waals surface area contributed by atoms with E-state index in [0.29, 0.717) is 17.1 Å². The molecule has 1 aliphatic carbocycles. The zero-order valence-electron chi connectivity index (χ0n) is 21.5. The maximum atomic E-state index is 15.2. The van der Waals surface area contributed by atoms with E-state index >= 15 is 4.39 Å². The molecule has 0 spiro atoms. The molecule has 198 valence electrons. The van der Waals surface area contributed by atoms with Gasteiger partial charge in [0.1, 0.15) is 23.0 Å². The number of methoxy groups -OCH3 is 2. The van der Waals surface area contributed by atoms with Crippen LogP contribution in [-0.2, 0) is 0 Å². The Labute approximate surface area is 222 Å². The van der Waals surface area contributed by atoms with Gasteiger partial charge in [0.15, 0.2) is 17.3 Å². The van der Waals surface area contributed by atoms with Crippen LogP contribution in [0.25, 0.3) is 10.9 Å². The molecule has 3 aromatic rings. The summed E-state index contributed by atoms with van der Waals surface area (Å²) in [5.41, 5.74) is 7.42. The van der Waals surface area contributed by atoms with Crippen LogP contribution in [0.5, 0.6) is 11.5 Å². The van der Waals surface area contributed by atoms with Gasteiger partial charge in [-0.25, -0.2) is 18.7 Å². The third kappa shape index (κ3) is 5.99. The predicted molar refractivity (Wildman–Crippen MR) is 146 cm³/mol. The van der Waals surface area contributed by atoms with Gasteiger partial charge in [-0.15, -0.1) is 0 Å². The first kappa shape index (κ1) is 27.1. The summed E-state index contributed by atoms with van der Waals surface area (Å²) in [4.78, 5) is 10.2. The Kier molecular flexibility index (Phi) is 8.87. The number of nitrogens with zero attached hydrogens (tertiary/aromatic N) is 2. The second-order valence-electron chi connectivity index (χ2n) is 9.52. The summed E-state index contributed by atoms with van der Waals surface area (Å²) in [5.74, 6) is 0.540. The number of hydrogen-bond donors (Lipinski definition) is 2. The van der Waals surface area contributed by atoms with Crippen LogP contribution in [0.15, 0.2) is 30.3 Å². The summed E-state index contributed by atoms with van der Waals surface area (Å²) in [6.45, 7) is 2.85. The molecule has 1 heterocycles. The molecular weight excluding hydrogens is 494 g/mol. The predicted octanol–water partition coefficient (Wildman–Crippen LogP) is 6.28. The molecule has 6 nitrogen and oxygen atoms in total. The minimum absolute atomic E-state index is 0.00160. The van der Waals surface area contributed by atoms with E-state index in [2.05, 4.69) is 22.2 Å². The molecule has 0 radical (unpaired) electrons. The molecule has 1 fully saturated rings. The molecule has 0 amide bonds. The van der Waals surface area contributed by atoms with Crippen molar-refractivity contribution in [2.24, 2.45) is 5.92 Å². The van der Waals surface area contributed by atoms with Crippen LogP contribution in [0.1, 0.15) is 68.8 Å². The average Bonchev–Trinajstić information content (AvgIpc) is 3.15. The van der Waals surface area contributed by atoms with Gasteiger partial charge in [0.25, 0.3) is 0 Å². The number of nitrogens with one attached hydrogen (secondary N) is 1. The van der Waals surface area contributed by atoms with E-state index in [4.69, 9.17) is 27.4 Å². The lowest BCUT2D eigenvalue weighted by Gasteiger charge is -2.23. The van der Waals surface area contributed by atoms with Crippen LogP contribution < -0.4 is 20.5 Å². The highest BCUT2D eigenvalue weighted by atomic mass is 32.1. The number of aromatic nitrogens is 2. The van der Waals surface area contributed by atoms with Crippen molar-refractivity contribution in [1.29, 1.82) is 0 Å². The Bertz CT molecular complexity index is 1260. The summed E-state index contributed by atoms with van der Waals surface area (Å²) in [7, 11) is 2.84. The Morgan fingerprint density at radius 1 is 1.11 bits per heavy atom. The van der Waals surface area contributed by atoms with Crippen LogP contribution in [0.2, 0.25) is 0 Å². The van der Waals surface area contributed by atoms with Crippen molar-refractivity contribution in [2.75, 3.05) is 26.5 Å². The van der Waals surface area contributed by atoms with Gasteiger partial charge in [-0.3, -0.25) is 0 Å². The monoisotopic (exact) mass is 528 g/mol. The number of benzene rings is 2. The second-order valence-corrected chi connectivity index (χ2v) is 10.0. The second kappa shape index (κ2) is 12.1. The number of ether oxygens (including phenoxy) is 2. The quantitative estimate of drug-likeness (QED) is 0.250. The largest absolute Gasteiger partial charge is 0.493 e. The van der Waals surface area contributed by atoms with E-state index in [0.717, 1.165) is 55.5 Å². The van der Waals surface area contributed by atoms with E-state index in [1.807, 2.05) is 12.1 Å². The molecular formula is C28H34F2N4O2S. The average molecular weight is 529 g/mol. The highest BCUT2D eigenvalue weighted by Crippen LogP contribution is 2.39. The van der Waals surface area contributed by atoms with Gasteiger partial charge >= 0.3 is 0 Å². The van der Waals surface area contributed by atoms with E-state index in [1.165, 1.54) is 26.4 Å². The Balaban J connectivity index is 1.50. The van der Waals surface area contributed by atoms with Gasteiger partial charge in [-0.05, 0) is 73.2 Å². The standard InChI is InChI=1S/C28H34F2N4O2S/c1-4-32-21(16-10-12-19(29)13-11-16)15-23(37)17-6-5-7-18(9-8-17)28-33-25-20(27(31)34-28)14-22(35-2)26(36-3)24(25)30/h10-14,17-18,21,32H,4-9,15H2,1-3H3,(H2,31,33,34)/t17?,18?,21-/m1/s1. The molecule has 2 unspecified atom stereocenters. The number of nitrogen functional groups attached to an aromatic ring is 1. The van der Waals surface area contributed by atoms with Gasteiger partial charge in [-0.1, -0.05) is 37.7 Å². The first-order valence-corrected chi connectivity index (χ1v) is 13.2. The van der Waals surface area contributed by atoms with Crippen LogP contribution in [-0.4, -0.2) is 35.6 Å². The Morgan fingerprint density at radius 3 is 2.54 bits per heavy atom. The number of anilines is 1. The van der Waals surface area contributed by atoms with Crippen molar-refractivity contribution in [3.05, 3.63) is 53.4 Å². The molecule has 1 aliphatic rings. The molecule has 0 aliphatic heterocycles. The van der Waals surface area contributed by atoms with E-state index in [-0.39, 0.29) is 40.6 Å². The van der Waals surface area contributed by atoms with Crippen molar-refractivity contribution >= 4 is 33.8 Å². The molecule has 0 bridgehead atoms. The van der Waals surface area contributed by atoms with E-state index in [9.17, 15) is 4.39 Å². The molecule has 1 aromatic heterocycles. The molecule has 1 saturated carbocycles. The van der Waals surface area contributed by atoms with Crippen LogP contribution in [0.4, 0.5) is 14.6 Å². The fraction of sp³-hybridized carbons (Fsp3) is 0.464. The first-order valence-electron chi connectivity index (χ1n) is 12.7. The smallest absolute Gasteiger partial charge is 0.199 e. The Morgan fingerprint density at radius 2 is 1.86 bits per heavy atom. The van der Waals surface area contributed by atoms with Gasteiger partial charge in [-0.2, -0.15) is 0 Å². The summed E-state index contributed by atoms with van der Waals surface area (Å²) in [6, 6.07) is 8.28. The van der Waals surface area contributed by atoms with Crippen molar-refractivity contribution < 1.29 is 18.3 Å². The summed E-state index contributed by atoms with van der Waals surface area (Å²) < 4.78 is 39.1. The van der Waals surface area contributed by atoms with Crippen LogP contribution in [0.3, 0.4) is 0 Å². The van der Waals surface area contributed by atoms with Gasteiger partial charge in [0, 0.05) is 17.3 Å². The Hall–Kier alpha value is -2.91. The van der Waals surface area contributed by atoms with Crippen LogP contribution in [0, 0.1) is 17.6 Å². The molecule has 3 atom stereocenters. The zero-order chi connectivity index (χ0) is 26.5. The third-order valence-corrected chi connectivity index (χ3v) is 7.74. The minimum Gasteiger partial charge on any atom is -0.493 e. The van der Waals surface area contributed by atoms with Gasteiger partial charge < -0.3 is 20.5 Å². The third-order valence-electron chi connectivity index (χ3n) is 7.24. The number of rotatable bonds is 9.